The van der Waals surface area contributed by atoms with Crippen LogP contribution in [0.15, 0.2) is 30.5 Å². The van der Waals surface area contributed by atoms with Crippen molar-refractivity contribution < 1.29 is 0 Å². The third-order valence-electron chi connectivity index (χ3n) is 4.54. The number of aromatic nitrogens is 5. The van der Waals surface area contributed by atoms with E-state index in [4.69, 9.17) is 9.97 Å². The summed E-state index contributed by atoms with van der Waals surface area (Å²) in [6.45, 7) is 11.6. The lowest BCUT2D eigenvalue weighted by atomic mass is 9.93. The van der Waals surface area contributed by atoms with Gasteiger partial charge in [0.05, 0.1) is 29.0 Å². The smallest absolute Gasteiger partial charge is 0.214 e. The van der Waals surface area contributed by atoms with Crippen LogP contribution in [0.25, 0.3) is 16.0 Å². The fourth-order valence-corrected chi connectivity index (χ4v) is 4.00. The van der Waals surface area contributed by atoms with Gasteiger partial charge in [-0.3, -0.25) is 0 Å². The van der Waals surface area contributed by atoms with Crippen LogP contribution in [0.5, 0.6) is 0 Å². The Hall–Kier alpha value is -2.41. The molecule has 0 aliphatic rings. The van der Waals surface area contributed by atoms with Crippen molar-refractivity contribution in [1.82, 2.24) is 24.1 Å². The monoisotopic (exact) mass is 368 g/mol. The number of benzene rings is 1. The van der Waals surface area contributed by atoms with Crippen LogP contribution in [0.4, 0.5) is 5.13 Å². The number of rotatable bonds is 4. The van der Waals surface area contributed by atoms with E-state index in [0.29, 0.717) is 0 Å². The summed E-state index contributed by atoms with van der Waals surface area (Å²) in [5.41, 5.74) is 3.29. The molecule has 0 fully saturated rings. The zero-order valence-electron chi connectivity index (χ0n) is 15.8. The average molecular weight is 369 g/mol. The Morgan fingerprint density at radius 2 is 1.96 bits per heavy atom. The summed E-state index contributed by atoms with van der Waals surface area (Å²) in [7, 11) is 0. The lowest BCUT2D eigenvalue weighted by molar-refractivity contribution is 0.572. The van der Waals surface area contributed by atoms with Gasteiger partial charge >= 0.3 is 0 Å². The first-order valence-electron chi connectivity index (χ1n) is 8.95. The predicted octanol–water partition coefficient (Wildman–Crippen LogP) is 4.63. The Morgan fingerprint density at radius 3 is 2.65 bits per heavy atom. The highest BCUT2D eigenvalue weighted by Gasteiger charge is 2.21. The largest absolute Gasteiger partial charge is 0.350 e. The molecule has 6 nitrogen and oxygen atoms in total. The van der Waals surface area contributed by atoms with Crippen molar-refractivity contribution in [3.63, 3.8) is 0 Å². The Balaban J connectivity index is 1.63. The molecule has 4 aromatic rings. The average Bonchev–Trinajstić information content (AvgIpc) is 3.24. The third-order valence-corrected chi connectivity index (χ3v) is 5.39. The quantitative estimate of drug-likeness (QED) is 0.570. The maximum absolute atomic E-state index is 4.82. The number of nitrogens with one attached hydrogen (secondary N) is 1. The minimum absolute atomic E-state index is 0.0281. The summed E-state index contributed by atoms with van der Waals surface area (Å²) in [6.07, 6.45) is 2.02. The molecule has 1 atom stereocenters. The Kier molecular flexibility index (Phi) is 3.99. The van der Waals surface area contributed by atoms with Crippen molar-refractivity contribution in [1.29, 1.82) is 0 Å². The molecule has 0 radical (unpaired) electrons. The molecule has 3 aromatic heterocycles. The number of aryl methyl sites for hydroxylation is 1. The van der Waals surface area contributed by atoms with Gasteiger partial charge in [-0.05, 0) is 26.0 Å². The molecule has 7 heteroatoms. The fourth-order valence-electron chi connectivity index (χ4n) is 3.13. The van der Waals surface area contributed by atoms with Gasteiger partial charge < -0.3 is 9.88 Å². The van der Waals surface area contributed by atoms with Gasteiger partial charge in [0.15, 0.2) is 0 Å². The molecule has 4 rings (SSSR count). The van der Waals surface area contributed by atoms with E-state index in [9.17, 15) is 0 Å². The van der Waals surface area contributed by atoms with Crippen LogP contribution < -0.4 is 5.32 Å². The first-order valence-corrected chi connectivity index (χ1v) is 9.77. The number of hydrogen-bond acceptors (Lipinski definition) is 5. The SMILES string of the molecule is CCn1c(C(C)Nc2nn3cc(C(C)(C)C)nc3s2)nc2ccccc21. The van der Waals surface area contributed by atoms with E-state index in [-0.39, 0.29) is 11.5 Å². The molecule has 0 saturated heterocycles. The summed E-state index contributed by atoms with van der Waals surface area (Å²) in [4.78, 5) is 10.4. The van der Waals surface area contributed by atoms with Crippen molar-refractivity contribution in [3.8, 4) is 0 Å². The fraction of sp³-hybridized carbons (Fsp3) is 0.421. The molecule has 1 unspecified atom stereocenters. The van der Waals surface area contributed by atoms with Crippen molar-refractivity contribution in [2.45, 2.75) is 52.6 Å². The number of fused-ring (bicyclic) bond motifs is 2. The maximum atomic E-state index is 4.82. The highest BCUT2D eigenvalue weighted by Crippen LogP contribution is 2.28. The van der Waals surface area contributed by atoms with Gasteiger partial charge in [-0.15, -0.1) is 5.10 Å². The molecule has 1 N–H and O–H groups in total. The summed E-state index contributed by atoms with van der Waals surface area (Å²) >= 11 is 1.57. The molecular weight excluding hydrogens is 344 g/mol. The standard InChI is InChI=1S/C19H24N6S/c1-6-24-14-10-8-7-9-13(14)21-16(24)12(2)20-17-23-25-11-15(19(3,4)5)22-18(25)26-17/h7-12H,6H2,1-5H3,(H,20,23). The number of para-hydroxylation sites is 2. The summed E-state index contributed by atoms with van der Waals surface area (Å²) in [5, 5.41) is 8.99. The molecule has 0 amide bonds. The van der Waals surface area contributed by atoms with E-state index >= 15 is 0 Å². The van der Waals surface area contributed by atoms with Crippen LogP contribution in [0.1, 0.15) is 52.2 Å². The first-order chi connectivity index (χ1) is 12.4. The Morgan fingerprint density at radius 1 is 1.19 bits per heavy atom. The van der Waals surface area contributed by atoms with Gasteiger partial charge in [0, 0.05) is 12.0 Å². The van der Waals surface area contributed by atoms with E-state index in [1.165, 1.54) is 5.52 Å². The number of hydrogen-bond donors (Lipinski definition) is 1. The van der Waals surface area contributed by atoms with E-state index < -0.39 is 0 Å². The van der Waals surface area contributed by atoms with E-state index in [2.05, 4.69) is 67.8 Å². The zero-order valence-corrected chi connectivity index (χ0v) is 16.6. The van der Waals surface area contributed by atoms with Crippen molar-refractivity contribution in [2.75, 3.05) is 5.32 Å². The normalized spacial score (nSPS) is 13.6. The van der Waals surface area contributed by atoms with Crippen LogP contribution in [0, 0.1) is 0 Å². The topological polar surface area (TPSA) is 60.0 Å². The highest BCUT2D eigenvalue weighted by molar-refractivity contribution is 7.20. The molecule has 136 valence electrons. The first kappa shape index (κ1) is 17.0. The molecule has 1 aromatic carbocycles. The molecule has 0 aliphatic carbocycles. The van der Waals surface area contributed by atoms with Gasteiger partial charge in [-0.2, -0.15) is 0 Å². The van der Waals surface area contributed by atoms with Crippen LogP contribution in [-0.4, -0.2) is 24.1 Å². The van der Waals surface area contributed by atoms with Gasteiger partial charge in [0.2, 0.25) is 10.1 Å². The lowest BCUT2D eigenvalue weighted by Gasteiger charge is -2.14. The molecule has 3 heterocycles. The molecule has 0 spiro atoms. The maximum Gasteiger partial charge on any atom is 0.214 e. The number of nitrogens with zero attached hydrogens (tertiary/aromatic N) is 5. The van der Waals surface area contributed by atoms with Gasteiger partial charge in [0.25, 0.3) is 0 Å². The van der Waals surface area contributed by atoms with Gasteiger partial charge in [-0.1, -0.05) is 44.2 Å². The Bertz CT molecular complexity index is 1030. The molecule has 26 heavy (non-hydrogen) atoms. The van der Waals surface area contributed by atoms with Crippen LogP contribution in [0.2, 0.25) is 0 Å². The van der Waals surface area contributed by atoms with Gasteiger partial charge in [0.1, 0.15) is 5.82 Å². The lowest BCUT2D eigenvalue weighted by Crippen LogP contribution is -2.13. The van der Waals surface area contributed by atoms with E-state index in [1.54, 1.807) is 11.3 Å². The molecule has 0 aliphatic heterocycles. The van der Waals surface area contributed by atoms with Crippen molar-refractivity contribution in [2.24, 2.45) is 0 Å². The Labute approximate surface area is 156 Å². The van der Waals surface area contributed by atoms with Crippen LogP contribution in [-0.2, 0) is 12.0 Å². The molecular formula is C19H24N6S. The molecule has 0 bridgehead atoms. The third kappa shape index (κ3) is 2.86. The minimum Gasteiger partial charge on any atom is -0.350 e. The zero-order chi connectivity index (χ0) is 18.5. The van der Waals surface area contributed by atoms with Crippen molar-refractivity contribution in [3.05, 3.63) is 42.0 Å². The van der Waals surface area contributed by atoms with E-state index in [0.717, 1.165) is 33.7 Å². The molecule has 0 saturated carbocycles. The van der Waals surface area contributed by atoms with Crippen molar-refractivity contribution >= 4 is 32.5 Å². The second-order valence-electron chi connectivity index (χ2n) is 7.58. The summed E-state index contributed by atoms with van der Waals surface area (Å²) in [6, 6.07) is 8.32. The number of anilines is 1. The van der Waals surface area contributed by atoms with Crippen LogP contribution >= 0.6 is 11.3 Å². The second kappa shape index (κ2) is 6.09. The highest BCUT2D eigenvalue weighted by atomic mass is 32.1. The predicted molar refractivity (Wildman–Crippen MR) is 107 cm³/mol. The summed E-state index contributed by atoms with van der Waals surface area (Å²) in [5.74, 6) is 1.02. The minimum atomic E-state index is 0.0281. The second-order valence-corrected chi connectivity index (χ2v) is 8.54. The van der Waals surface area contributed by atoms with E-state index in [1.807, 2.05) is 16.8 Å². The van der Waals surface area contributed by atoms with Gasteiger partial charge in [-0.25, -0.2) is 14.5 Å². The van der Waals surface area contributed by atoms with Crippen LogP contribution in [0.3, 0.4) is 0 Å². The number of imidazole rings is 2. The summed E-state index contributed by atoms with van der Waals surface area (Å²) < 4.78 is 4.12.